The Labute approximate surface area is 269 Å². The number of fused-ring (bicyclic) bond motifs is 3. The van der Waals surface area contributed by atoms with Crippen LogP contribution in [0.15, 0.2) is 48.9 Å². The van der Waals surface area contributed by atoms with E-state index in [1.807, 2.05) is 36.0 Å². The van der Waals surface area contributed by atoms with Crippen molar-refractivity contribution >= 4 is 22.8 Å². The van der Waals surface area contributed by atoms with Crippen LogP contribution in [0, 0.1) is 5.92 Å². The Morgan fingerprint density at radius 2 is 1.80 bits per heavy atom. The quantitative estimate of drug-likeness (QED) is 0.309. The van der Waals surface area contributed by atoms with Gasteiger partial charge in [0.25, 0.3) is 0 Å². The lowest BCUT2D eigenvalue weighted by molar-refractivity contribution is -0.137. The molecule has 1 saturated heterocycles. The zero-order valence-corrected chi connectivity index (χ0v) is 27.0. The first kappa shape index (κ1) is 30.3. The molecule has 1 spiro atoms. The van der Waals surface area contributed by atoms with Crippen molar-refractivity contribution in [1.29, 1.82) is 0 Å². The molecule has 4 aromatic rings. The van der Waals surface area contributed by atoms with Crippen molar-refractivity contribution in [3.8, 4) is 17.2 Å². The first-order valence-electron chi connectivity index (χ1n) is 16.4. The summed E-state index contributed by atoms with van der Waals surface area (Å²) in [6, 6.07) is 12.4. The summed E-state index contributed by atoms with van der Waals surface area (Å²) in [5, 5.41) is 9.41. The molecule has 11 nitrogen and oxygen atoms in total. The second-order valence-corrected chi connectivity index (χ2v) is 12.5. The molecule has 242 valence electrons. The Bertz CT molecular complexity index is 1710. The third kappa shape index (κ3) is 5.61. The standard InChI is InChI=1S/C35H43N7O4/c1-4-46-27-7-5-6-24(18-27)22-42-33-28(21-39-42)32(36-23-37-33)40-14-16-41(17-15-40)34(43)25-8-11-35(12-9-25)29-20-31(45-3)30(44-2)19-26(29)10-13-38-35/h5-7,18-21,23,25,38H,4,8-17,22H2,1-3H3/t25-,35-. The van der Waals surface area contributed by atoms with E-state index in [1.54, 1.807) is 20.5 Å². The van der Waals surface area contributed by atoms with Gasteiger partial charge >= 0.3 is 0 Å². The van der Waals surface area contributed by atoms with Crippen LogP contribution in [0.25, 0.3) is 11.0 Å². The SMILES string of the molecule is CCOc1cccc(Cn2ncc3c(N4CCN(C(=O)[C@H]5CC[C@@]6(CC5)NCCc5cc(OC)c(OC)cc56)CC4)ncnc32)c1. The minimum atomic E-state index is -0.114. The third-order valence-corrected chi connectivity index (χ3v) is 10.0. The van der Waals surface area contributed by atoms with Crippen LogP contribution >= 0.6 is 0 Å². The number of carbonyl (C=O) groups is 1. The number of methoxy groups -OCH3 is 2. The summed E-state index contributed by atoms with van der Waals surface area (Å²) in [6.07, 6.45) is 8.06. The lowest BCUT2D eigenvalue weighted by atomic mass is 9.69. The molecule has 0 unspecified atom stereocenters. The van der Waals surface area contributed by atoms with Gasteiger partial charge in [-0.1, -0.05) is 12.1 Å². The molecule has 2 aromatic carbocycles. The summed E-state index contributed by atoms with van der Waals surface area (Å²) < 4.78 is 18.8. The van der Waals surface area contributed by atoms with Crippen LogP contribution in [-0.4, -0.2) is 84.1 Å². The van der Waals surface area contributed by atoms with Gasteiger partial charge in [0, 0.05) is 44.2 Å². The molecule has 1 saturated carbocycles. The van der Waals surface area contributed by atoms with Crippen molar-refractivity contribution in [2.75, 3.05) is 58.5 Å². The number of rotatable bonds is 8. The van der Waals surface area contributed by atoms with Gasteiger partial charge in [0.15, 0.2) is 17.1 Å². The van der Waals surface area contributed by atoms with E-state index in [1.165, 1.54) is 11.1 Å². The molecular weight excluding hydrogens is 582 g/mol. The molecule has 11 heteroatoms. The number of anilines is 1. The van der Waals surface area contributed by atoms with Gasteiger partial charge in [0.1, 0.15) is 17.9 Å². The maximum absolute atomic E-state index is 13.8. The summed E-state index contributed by atoms with van der Waals surface area (Å²) in [6.45, 7) is 6.96. The number of nitrogens with zero attached hydrogens (tertiary/aromatic N) is 6. The molecule has 1 N–H and O–H groups in total. The van der Waals surface area contributed by atoms with Gasteiger partial charge < -0.3 is 29.3 Å². The van der Waals surface area contributed by atoms with E-state index in [0.29, 0.717) is 26.2 Å². The number of hydrogen-bond donors (Lipinski definition) is 1. The average Bonchev–Trinajstić information content (AvgIpc) is 3.51. The number of benzene rings is 2. The predicted molar refractivity (Wildman–Crippen MR) is 176 cm³/mol. The fraction of sp³-hybridized carbons (Fsp3) is 0.486. The van der Waals surface area contributed by atoms with Crippen molar-refractivity contribution in [1.82, 2.24) is 30.0 Å². The molecule has 2 aliphatic heterocycles. The van der Waals surface area contributed by atoms with Gasteiger partial charge in [-0.3, -0.25) is 4.79 Å². The van der Waals surface area contributed by atoms with E-state index in [2.05, 4.69) is 48.4 Å². The highest BCUT2D eigenvalue weighted by Gasteiger charge is 2.43. The van der Waals surface area contributed by atoms with Crippen molar-refractivity contribution in [3.05, 3.63) is 65.6 Å². The minimum absolute atomic E-state index is 0.0507. The number of ether oxygens (including phenoxy) is 3. The van der Waals surface area contributed by atoms with Crippen LogP contribution in [0.2, 0.25) is 0 Å². The fourth-order valence-corrected chi connectivity index (χ4v) is 7.63. The van der Waals surface area contributed by atoms with Crippen molar-refractivity contribution in [3.63, 3.8) is 0 Å². The van der Waals surface area contributed by atoms with Gasteiger partial charge in [-0.2, -0.15) is 5.10 Å². The Morgan fingerprint density at radius 1 is 1.02 bits per heavy atom. The molecule has 0 radical (unpaired) electrons. The van der Waals surface area contributed by atoms with Crippen LogP contribution in [0.3, 0.4) is 0 Å². The van der Waals surface area contributed by atoms with Crippen molar-refractivity contribution in [2.24, 2.45) is 5.92 Å². The monoisotopic (exact) mass is 625 g/mol. The Balaban J connectivity index is 0.987. The molecule has 3 aliphatic rings. The molecule has 1 aliphatic carbocycles. The third-order valence-electron chi connectivity index (χ3n) is 10.0. The van der Waals surface area contributed by atoms with Crippen LogP contribution in [0.5, 0.6) is 17.2 Å². The minimum Gasteiger partial charge on any atom is -0.494 e. The molecular formula is C35H43N7O4. The number of aromatic nitrogens is 4. The van der Waals surface area contributed by atoms with Crippen LogP contribution in [0.1, 0.15) is 49.3 Å². The highest BCUT2D eigenvalue weighted by molar-refractivity contribution is 5.87. The zero-order valence-electron chi connectivity index (χ0n) is 27.0. The molecule has 2 aromatic heterocycles. The lowest BCUT2D eigenvalue weighted by Gasteiger charge is -2.46. The lowest BCUT2D eigenvalue weighted by Crippen LogP contribution is -2.53. The number of amides is 1. The number of hydrogen-bond acceptors (Lipinski definition) is 9. The summed E-state index contributed by atoms with van der Waals surface area (Å²) in [5.41, 5.74) is 4.40. The Morgan fingerprint density at radius 3 is 2.57 bits per heavy atom. The molecule has 4 heterocycles. The maximum atomic E-state index is 13.8. The molecule has 0 atom stereocenters. The van der Waals surface area contributed by atoms with E-state index in [-0.39, 0.29) is 17.4 Å². The zero-order chi connectivity index (χ0) is 31.7. The van der Waals surface area contributed by atoms with Crippen LogP contribution in [0.4, 0.5) is 5.82 Å². The van der Waals surface area contributed by atoms with Gasteiger partial charge in [0.05, 0.1) is 39.0 Å². The van der Waals surface area contributed by atoms with Gasteiger partial charge in [-0.05, 0) is 80.0 Å². The first-order valence-corrected chi connectivity index (χ1v) is 16.4. The predicted octanol–water partition coefficient (Wildman–Crippen LogP) is 4.17. The average molecular weight is 626 g/mol. The fourth-order valence-electron chi connectivity index (χ4n) is 7.63. The number of nitrogens with one attached hydrogen (secondary N) is 1. The summed E-state index contributed by atoms with van der Waals surface area (Å²) in [5.74, 6) is 3.61. The van der Waals surface area contributed by atoms with E-state index in [9.17, 15) is 4.79 Å². The molecule has 1 amide bonds. The van der Waals surface area contributed by atoms with E-state index in [4.69, 9.17) is 14.2 Å². The van der Waals surface area contributed by atoms with Crippen LogP contribution < -0.4 is 24.4 Å². The van der Waals surface area contributed by atoms with Crippen molar-refractivity contribution < 1.29 is 19.0 Å². The molecule has 46 heavy (non-hydrogen) atoms. The summed E-state index contributed by atoms with van der Waals surface area (Å²) >= 11 is 0. The molecule has 0 bridgehead atoms. The summed E-state index contributed by atoms with van der Waals surface area (Å²) in [4.78, 5) is 27.3. The Hall–Kier alpha value is -4.38. The highest BCUT2D eigenvalue weighted by Crippen LogP contribution is 2.46. The normalized spacial score (nSPS) is 21.3. The van der Waals surface area contributed by atoms with E-state index < -0.39 is 0 Å². The van der Waals surface area contributed by atoms with Gasteiger partial charge in [-0.25, -0.2) is 14.6 Å². The van der Waals surface area contributed by atoms with Crippen LogP contribution in [-0.2, 0) is 23.3 Å². The molecule has 2 fully saturated rings. The van der Waals surface area contributed by atoms with Gasteiger partial charge in [-0.15, -0.1) is 0 Å². The van der Waals surface area contributed by atoms with Gasteiger partial charge in [0.2, 0.25) is 5.91 Å². The smallest absolute Gasteiger partial charge is 0.225 e. The number of piperazine rings is 1. The van der Waals surface area contributed by atoms with E-state index >= 15 is 0 Å². The Kier molecular flexibility index (Phi) is 8.42. The second kappa shape index (κ2) is 12.8. The maximum Gasteiger partial charge on any atom is 0.225 e. The summed E-state index contributed by atoms with van der Waals surface area (Å²) in [7, 11) is 3.37. The van der Waals surface area contributed by atoms with Crippen molar-refractivity contribution in [2.45, 2.75) is 51.1 Å². The highest BCUT2D eigenvalue weighted by atomic mass is 16.5. The van der Waals surface area contributed by atoms with E-state index in [0.717, 1.165) is 91.4 Å². The second-order valence-electron chi connectivity index (χ2n) is 12.5. The first-order chi connectivity index (χ1) is 22.5. The topological polar surface area (TPSA) is 107 Å². The number of carbonyl (C=O) groups excluding carboxylic acids is 1. The largest absolute Gasteiger partial charge is 0.494 e. The molecule has 7 rings (SSSR count).